The Labute approximate surface area is 145 Å². The first kappa shape index (κ1) is 18.4. The van der Waals surface area contributed by atoms with E-state index in [-0.39, 0.29) is 11.7 Å². The summed E-state index contributed by atoms with van der Waals surface area (Å²) in [5.41, 5.74) is 6.17. The lowest BCUT2D eigenvalue weighted by molar-refractivity contribution is -0.137. The van der Waals surface area contributed by atoms with Crippen LogP contribution in [-0.2, 0) is 9.59 Å². The molecule has 0 fully saturated rings. The van der Waals surface area contributed by atoms with Crippen LogP contribution in [0.4, 0.5) is 0 Å². The summed E-state index contributed by atoms with van der Waals surface area (Å²) in [7, 11) is 0. The second-order valence-electron chi connectivity index (χ2n) is 6.16. The van der Waals surface area contributed by atoms with Crippen LogP contribution in [0.2, 0.25) is 0 Å². The lowest BCUT2D eigenvalue weighted by atomic mass is 9.99. The standard InChI is InChI=1S/C18H21N3O4/c1-10(2)9-13(15(22)17(19)23)21-18(24)16-14(20-11(3)25-16)12-7-5-4-6-8-12/h4-8,10,13H,9H2,1-3H3,(H2,19,23)(H,21,24). The Morgan fingerprint density at radius 1 is 1.20 bits per heavy atom. The molecule has 1 atom stereocenters. The van der Waals surface area contributed by atoms with Gasteiger partial charge < -0.3 is 15.5 Å². The fourth-order valence-corrected chi connectivity index (χ4v) is 2.47. The van der Waals surface area contributed by atoms with Gasteiger partial charge in [-0.05, 0) is 12.3 Å². The van der Waals surface area contributed by atoms with Crippen LogP contribution >= 0.6 is 0 Å². The monoisotopic (exact) mass is 343 g/mol. The third-order valence-corrected chi connectivity index (χ3v) is 3.56. The van der Waals surface area contributed by atoms with Crippen molar-refractivity contribution < 1.29 is 18.8 Å². The maximum absolute atomic E-state index is 12.6. The smallest absolute Gasteiger partial charge is 0.289 e. The van der Waals surface area contributed by atoms with E-state index in [0.29, 0.717) is 23.6 Å². The van der Waals surface area contributed by atoms with Crippen LogP contribution in [0.15, 0.2) is 34.7 Å². The van der Waals surface area contributed by atoms with E-state index in [1.54, 1.807) is 19.1 Å². The van der Waals surface area contributed by atoms with Crippen molar-refractivity contribution in [1.82, 2.24) is 10.3 Å². The number of ketones is 1. The third kappa shape index (κ3) is 4.53. The van der Waals surface area contributed by atoms with Gasteiger partial charge in [-0.1, -0.05) is 44.2 Å². The first-order chi connectivity index (χ1) is 11.8. The largest absolute Gasteiger partial charge is 0.435 e. The van der Waals surface area contributed by atoms with Gasteiger partial charge in [0, 0.05) is 12.5 Å². The van der Waals surface area contributed by atoms with E-state index in [2.05, 4.69) is 10.3 Å². The van der Waals surface area contributed by atoms with Gasteiger partial charge in [-0.3, -0.25) is 14.4 Å². The molecule has 1 aromatic carbocycles. The Bertz CT molecular complexity index is 781. The summed E-state index contributed by atoms with van der Waals surface area (Å²) in [6.45, 7) is 5.38. The summed E-state index contributed by atoms with van der Waals surface area (Å²) in [5.74, 6) is -2.12. The number of nitrogens with two attached hydrogens (primary N) is 1. The molecule has 1 heterocycles. The van der Waals surface area contributed by atoms with Gasteiger partial charge in [0.1, 0.15) is 5.69 Å². The average molecular weight is 343 g/mol. The summed E-state index contributed by atoms with van der Waals surface area (Å²) in [6.07, 6.45) is 0.293. The lowest BCUT2D eigenvalue weighted by Gasteiger charge is -2.17. The number of Topliss-reactive ketones (excluding diaryl/α,β-unsaturated/α-hetero) is 1. The number of aryl methyl sites for hydroxylation is 1. The van der Waals surface area contributed by atoms with Gasteiger partial charge in [0.2, 0.25) is 11.5 Å². The van der Waals surface area contributed by atoms with E-state index in [0.717, 1.165) is 0 Å². The van der Waals surface area contributed by atoms with E-state index in [9.17, 15) is 14.4 Å². The molecule has 0 bridgehead atoms. The number of aromatic nitrogens is 1. The maximum Gasteiger partial charge on any atom is 0.289 e. The molecule has 132 valence electrons. The summed E-state index contributed by atoms with van der Waals surface area (Å²) in [5, 5.41) is 2.55. The number of nitrogens with zero attached hydrogens (tertiary/aromatic N) is 1. The van der Waals surface area contributed by atoms with Crippen LogP contribution in [0.3, 0.4) is 0 Å². The van der Waals surface area contributed by atoms with E-state index < -0.39 is 23.6 Å². The van der Waals surface area contributed by atoms with Gasteiger partial charge in [0.15, 0.2) is 5.89 Å². The van der Waals surface area contributed by atoms with Crippen molar-refractivity contribution >= 4 is 17.6 Å². The molecule has 0 saturated heterocycles. The number of carbonyl (C=O) groups is 3. The van der Waals surface area contributed by atoms with Gasteiger partial charge in [-0.2, -0.15) is 0 Å². The number of rotatable bonds is 7. The van der Waals surface area contributed by atoms with Crippen molar-refractivity contribution in [3.8, 4) is 11.3 Å². The molecule has 1 unspecified atom stereocenters. The molecular weight excluding hydrogens is 322 g/mol. The van der Waals surface area contributed by atoms with Crippen molar-refractivity contribution in [3.63, 3.8) is 0 Å². The maximum atomic E-state index is 12.6. The van der Waals surface area contributed by atoms with Crippen molar-refractivity contribution in [2.45, 2.75) is 33.2 Å². The molecule has 3 N–H and O–H groups in total. The Hall–Kier alpha value is -2.96. The molecular formula is C18H21N3O4. The molecule has 0 spiro atoms. The molecule has 7 nitrogen and oxygen atoms in total. The highest BCUT2D eigenvalue weighted by molar-refractivity contribution is 6.38. The van der Waals surface area contributed by atoms with E-state index in [1.807, 2.05) is 32.0 Å². The zero-order chi connectivity index (χ0) is 18.6. The predicted octanol–water partition coefficient (Wildman–Crippen LogP) is 1.85. The van der Waals surface area contributed by atoms with E-state index >= 15 is 0 Å². The highest BCUT2D eigenvalue weighted by Gasteiger charge is 2.29. The average Bonchev–Trinajstić information content (AvgIpc) is 2.95. The second-order valence-corrected chi connectivity index (χ2v) is 6.16. The zero-order valence-electron chi connectivity index (χ0n) is 14.4. The van der Waals surface area contributed by atoms with Crippen LogP contribution in [0.1, 0.15) is 36.7 Å². The summed E-state index contributed by atoms with van der Waals surface area (Å²) >= 11 is 0. The first-order valence-electron chi connectivity index (χ1n) is 7.97. The molecule has 1 aromatic heterocycles. The minimum atomic E-state index is -1.08. The summed E-state index contributed by atoms with van der Waals surface area (Å²) in [4.78, 5) is 40.1. The van der Waals surface area contributed by atoms with Crippen LogP contribution in [0.5, 0.6) is 0 Å². The van der Waals surface area contributed by atoms with Crippen LogP contribution in [-0.4, -0.2) is 28.6 Å². The van der Waals surface area contributed by atoms with Crippen molar-refractivity contribution in [2.75, 3.05) is 0 Å². The number of hydrogen-bond acceptors (Lipinski definition) is 5. The van der Waals surface area contributed by atoms with Crippen molar-refractivity contribution in [2.24, 2.45) is 11.7 Å². The van der Waals surface area contributed by atoms with E-state index in [4.69, 9.17) is 10.2 Å². The van der Waals surface area contributed by atoms with Crippen molar-refractivity contribution in [3.05, 3.63) is 42.0 Å². The Kier molecular flexibility index (Phi) is 5.69. The summed E-state index contributed by atoms with van der Waals surface area (Å²) in [6, 6.07) is 8.08. The Balaban J connectivity index is 2.30. The lowest BCUT2D eigenvalue weighted by Crippen LogP contribution is -2.46. The van der Waals surface area contributed by atoms with Gasteiger partial charge in [-0.15, -0.1) is 0 Å². The Morgan fingerprint density at radius 3 is 2.40 bits per heavy atom. The topological polar surface area (TPSA) is 115 Å². The number of oxazole rings is 1. The van der Waals surface area contributed by atoms with Gasteiger partial charge in [0.25, 0.3) is 11.8 Å². The molecule has 7 heteroatoms. The molecule has 0 saturated carbocycles. The molecule has 2 aromatic rings. The van der Waals surface area contributed by atoms with Crippen LogP contribution in [0, 0.1) is 12.8 Å². The number of amides is 2. The molecule has 0 aliphatic carbocycles. The molecule has 0 aliphatic heterocycles. The van der Waals surface area contributed by atoms with Crippen LogP contribution in [0.25, 0.3) is 11.3 Å². The highest BCUT2D eigenvalue weighted by atomic mass is 16.4. The predicted molar refractivity (Wildman–Crippen MR) is 91.6 cm³/mol. The van der Waals surface area contributed by atoms with Gasteiger partial charge in [-0.25, -0.2) is 4.98 Å². The van der Waals surface area contributed by atoms with Crippen LogP contribution < -0.4 is 11.1 Å². The minimum Gasteiger partial charge on any atom is -0.435 e. The Morgan fingerprint density at radius 2 is 1.84 bits per heavy atom. The molecule has 25 heavy (non-hydrogen) atoms. The van der Waals surface area contributed by atoms with Gasteiger partial charge in [0.05, 0.1) is 6.04 Å². The highest BCUT2D eigenvalue weighted by Crippen LogP contribution is 2.24. The molecule has 0 aliphatic rings. The third-order valence-electron chi connectivity index (χ3n) is 3.56. The van der Waals surface area contributed by atoms with Gasteiger partial charge >= 0.3 is 0 Å². The quantitative estimate of drug-likeness (QED) is 0.744. The SMILES string of the molecule is Cc1nc(-c2ccccc2)c(C(=O)NC(CC(C)C)C(=O)C(N)=O)o1. The second kappa shape index (κ2) is 7.74. The number of hydrogen-bond donors (Lipinski definition) is 2. The first-order valence-corrected chi connectivity index (χ1v) is 7.97. The zero-order valence-corrected chi connectivity index (χ0v) is 14.4. The fraction of sp³-hybridized carbons (Fsp3) is 0.333. The number of benzene rings is 1. The number of carbonyl (C=O) groups excluding carboxylic acids is 3. The minimum absolute atomic E-state index is 0.00488. The van der Waals surface area contributed by atoms with E-state index in [1.165, 1.54) is 0 Å². The molecule has 2 amide bonds. The van der Waals surface area contributed by atoms with Crippen molar-refractivity contribution in [1.29, 1.82) is 0 Å². The number of primary amides is 1. The summed E-state index contributed by atoms with van der Waals surface area (Å²) < 4.78 is 5.43. The number of nitrogens with one attached hydrogen (secondary N) is 1. The fourth-order valence-electron chi connectivity index (χ4n) is 2.47. The normalized spacial score (nSPS) is 12.0. The molecule has 2 rings (SSSR count). The molecule has 0 radical (unpaired) electrons.